The van der Waals surface area contributed by atoms with Crippen LogP contribution >= 0.6 is 0 Å². The lowest BCUT2D eigenvalue weighted by Gasteiger charge is -2.23. The zero-order chi connectivity index (χ0) is 15.7. The molecule has 3 nitrogen and oxygen atoms in total. The Bertz CT molecular complexity index is 704. The van der Waals surface area contributed by atoms with Crippen LogP contribution in [0.3, 0.4) is 0 Å². The second kappa shape index (κ2) is 5.93. The summed E-state index contributed by atoms with van der Waals surface area (Å²) >= 11 is 0. The van der Waals surface area contributed by atoms with Crippen molar-refractivity contribution in [1.82, 2.24) is 0 Å². The minimum atomic E-state index is -0.630. The molecule has 1 atom stereocenters. The number of amides is 1. The monoisotopic (exact) mass is 295 g/mol. The van der Waals surface area contributed by atoms with Gasteiger partial charge < -0.3 is 10.4 Å². The summed E-state index contributed by atoms with van der Waals surface area (Å²) in [6, 6.07) is 12.0. The Hall–Kier alpha value is -2.13. The van der Waals surface area contributed by atoms with Crippen molar-refractivity contribution in [1.29, 1.82) is 0 Å². The smallest absolute Gasteiger partial charge is 0.224 e. The molecule has 22 heavy (non-hydrogen) atoms. The van der Waals surface area contributed by atoms with E-state index in [2.05, 4.69) is 12.2 Å². The maximum atomic E-state index is 11.6. The number of fused-ring (bicyclic) bond motifs is 1. The lowest BCUT2D eigenvalue weighted by Crippen LogP contribution is -2.21. The Labute approximate surface area is 131 Å². The number of nitrogens with one attached hydrogen (secondary N) is 1. The minimum Gasteiger partial charge on any atom is -0.384 e. The lowest BCUT2D eigenvalue weighted by molar-refractivity contribution is -0.116. The Kier molecular flexibility index (Phi) is 3.99. The summed E-state index contributed by atoms with van der Waals surface area (Å²) in [7, 11) is 0. The Morgan fingerprint density at radius 1 is 1.23 bits per heavy atom. The zero-order valence-electron chi connectivity index (χ0n) is 13.0. The maximum Gasteiger partial charge on any atom is 0.224 e. The molecule has 3 rings (SSSR count). The third-order valence-corrected chi connectivity index (χ3v) is 4.39. The number of carbonyl (C=O) groups is 1. The molecule has 1 aliphatic rings. The van der Waals surface area contributed by atoms with Crippen molar-refractivity contribution >= 4 is 11.6 Å². The molecule has 0 aromatic heterocycles. The third-order valence-electron chi connectivity index (χ3n) is 4.39. The van der Waals surface area contributed by atoms with Crippen LogP contribution < -0.4 is 5.32 Å². The van der Waals surface area contributed by atoms with Gasteiger partial charge in [-0.05, 0) is 47.6 Å². The molecule has 1 aliphatic heterocycles. The van der Waals surface area contributed by atoms with Crippen molar-refractivity contribution < 1.29 is 9.90 Å². The van der Waals surface area contributed by atoms with E-state index in [-0.39, 0.29) is 5.91 Å². The fourth-order valence-corrected chi connectivity index (χ4v) is 3.11. The van der Waals surface area contributed by atoms with Crippen LogP contribution in [0.2, 0.25) is 0 Å². The van der Waals surface area contributed by atoms with Crippen LogP contribution in [0, 0.1) is 6.92 Å². The van der Waals surface area contributed by atoms with Crippen molar-refractivity contribution in [2.24, 2.45) is 0 Å². The molecular formula is C19H21NO2. The van der Waals surface area contributed by atoms with Crippen molar-refractivity contribution in [2.75, 3.05) is 5.32 Å². The van der Waals surface area contributed by atoms with E-state index in [0.717, 1.165) is 46.3 Å². The molecule has 2 aromatic carbocycles. The molecule has 0 radical (unpaired) electrons. The zero-order valence-corrected chi connectivity index (χ0v) is 13.0. The van der Waals surface area contributed by atoms with Crippen LogP contribution in [0.1, 0.15) is 47.3 Å². The molecule has 2 N–H and O–H groups in total. The molecule has 0 aliphatic carbocycles. The third kappa shape index (κ3) is 2.64. The number of anilines is 1. The first-order valence-electron chi connectivity index (χ1n) is 7.79. The number of aryl methyl sites for hydroxylation is 3. The summed E-state index contributed by atoms with van der Waals surface area (Å²) in [5.41, 5.74) is 6.08. The maximum absolute atomic E-state index is 11.6. The topological polar surface area (TPSA) is 49.3 Å². The van der Waals surface area contributed by atoms with Crippen molar-refractivity contribution in [2.45, 2.75) is 39.2 Å². The van der Waals surface area contributed by atoms with E-state index in [0.29, 0.717) is 6.42 Å². The first-order valence-corrected chi connectivity index (χ1v) is 7.79. The highest BCUT2D eigenvalue weighted by molar-refractivity contribution is 5.95. The molecule has 1 heterocycles. The predicted molar refractivity (Wildman–Crippen MR) is 88.0 cm³/mol. The van der Waals surface area contributed by atoms with E-state index in [1.165, 1.54) is 0 Å². The fraction of sp³-hybridized carbons (Fsp3) is 0.316. The van der Waals surface area contributed by atoms with Crippen LogP contribution in [0.4, 0.5) is 5.69 Å². The van der Waals surface area contributed by atoms with Crippen LogP contribution in [-0.4, -0.2) is 11.0 Å². The van der Waals surface area contributed by atoms with Gasteiger partial charge in [0.05, 0.1) is 0 Å². The van der Waals surface area contributed by atoms with Crippen LogP contribution in [0.5, 0.6) is 0 Å². The van der Waals surface area contributed by atoms with Crippen LogP contribution in [-0.2, 0) is 17.6 Å². The molecule has 0 spiro atoms. The van der Waals surface area contributed by atoms with Gasteiger partial charge in [0.15, 0.2) is 0 Å². The van der Waals surface area contributed by atoms with Crippen molar-refractivity contribution in [3.05, 3.63) is 64.2 Å². The Morgan fingerprint density at radius 3 is 2.73 bits per heavy atom. The summed E-state index contributed by atoms with van der Waals surface area (Å²) in [6.07, 6.45) is 1.45. The standard InChI is InChI=1S/C19H21NO2/c1-3-13-10-15(11-14-8-9-17(21)20-18(13)14)19(22)16-7-5-4-6-12(16)2/h4-7,10-11,19,22H,3,8-9H2,1-2H3,(H,20,21). The largest absolute Gasteiger partial charge is 0.384 e. The molecule has 0 fully saturated rings. The van der Waals surface area contributed by atoms with Crippen LogP contribution in [0.15, 0.2) is 36.4 Å². The molecule has 0 bridgehead atoms. The fourth-order valence-electron chi connectivity index (χ4n) is 3.11. The normalized spacial score (nSPS) is 15.1. The molecule has 1 unspecified atom stereocenters. The summed E-state index contributed by atoms with van der Waals surface area (Å²) in [5.74, 6) is 0.0782. The number of aliphatic hydroxyl groups is 1. The molecule has 1 amide bonds. The van der Waals surface area contributed by atoms with Gasteiger partial charge in [0.25, 0.3) is 0 Å². The van der Waals surface area contributed by atoms with Gasteiger partial charge in [0.1, 0.15) is 6.10 Å². The van der Waals surface area contributed by atoms with Gasteiger partial charge in [-0.1, -0.05) is 43.3 Å². The molecule has 114 valence electrons. The highest BCUT2D eigenvalue weighted by Crippen LogP contribution is 2.33. The average molecular weight is 295 g/mol. The summed E-state index contributed by atoms with van der Waals surface area (Å²) in [5, 5.41) is 13.7. The van der Waals surface area contributed by atoms with Gasteiger partial charge in [-0.2, -0.15) is 0 Å². The van der Waals surface area contributed by atoms with E-state index in [1.54, 1.807) is 0 Å². The van der Waals surface area contributed by atoms with Crippen molar-refractivity contribution in [3.63, 3.8) is 0 Å². The second-order valence-electron chi connectivity index (χ2n) is 5.88. The predicted octanol–water partition coefficient (Wildman–Crippen LogP) is 3.52. The summed E-state index contributed by atoms with van der Waals surface area (Å²) in [4.78, 5) is 11.6. The van der Waals surface area contributed by atoms with Gasteiger partial charge >= 0.3 is 0 Å². The van der Waals surface area contributed by atoms with Gasteiger partial charge in [0, 0.05) is 12.1 Å². The van der Waals surface area contributed by atoms with E-state index < -0.39 is 6.10 Å². The Morgan fingerprint density at radius 2 is 2.00 bits per heavy atom. The lowest BCUT2D eigenvalue weighted by atomic mass is 9.90. The van der Waals surface area contributed by atoms with Gasteiger partial charge in [0.2, 0.25) is 5.91 Å². The SMILES string of the molecule is CCc1cc(C(O)c2ccccc2C)cc2c1NC(=O)CC2. The number of carbonyl (C=O) groups excluding carboxylic acids is 1. The first kappa shape index (κ1) is 14.8. The molecule has 0 saturated carbocycles. The number of benzene rings is 2. The van der Waals surface area contributed by atoms with E-state index in [1.807, 2.05) is 43.3 Å². The summed E-state index contributed by atoms with van der Waals surface area (Å²) in [6.45, 7) is 4.08. The van der Waals surface area contributed by atoms with Gasteiger partial charge in [-0.25, -0.2) is 0 Å². The highest BCUT2D eigenvalue weighted by atomic mass is 16.3. The molecule has 3 heteroatoms. The second-order valence-corrected chi connectivity index (χ2v) is 5.88. The number of rotatable bonds is 3. The quantitative estimate of drug-likeness (QED) is 0.910. The van der Waals surface area contributed by atoms with Gasteiger partial charge in [-0.3, -0.25) is 4.79 Å². The average Bonchev–Trinajstić information content (AvgIpc) is 2.53. The Balaban J connectivity index is 2.05. The van der Waals surface area contributed by atoms with E-state index in [4.69, 9.17) is 0 Å². The molecular weight excluding hydrogens is 274 g/mol. The first-order chi connectivity index (χ1) is 10.6. The molecule has 0 saturated heterocycles. The number of aliphatic hydroxyl groups excluding tert-OH is 1. The van der Waals surface area contributed by atoms with Crippen molar-refractivity contribution in [3.8, 4) is 0 Å². The van der Waals surface area contributed by atoms with E-state index in [9.17, 15) is 9.90 Å². The minimum absolute atomic E-state index is 0.0782. The number of hydrogen-bond acceptors (Lipinski definition) is 2. The van der Waals surface area contributed by atoms with Crippen LogP contribution in [0.25, 0.3) is 0 Å². The van der Waals surface area contributed by atoms with Gasteiger partial charge in [-0.15, -0.1) is 0 Å². The number of hydrogen-bond donors (Lipinski definition) is 2. The van der Waals surface area contributed by atoms with E-state index >= 15 is 0 Å². The highest BCUT2D eigenvalue weighted by Gasteiger charge is 2.21. The molecule has 2 aromatic rings. The summed E-state index contributed by atoms with van der Waals surface area (Å²) < 4.78 is 0.